The van der Waals surface area contributed by atoms with Crippen molar-refractivity contribution < 1.29 is 4.39 Å². The van der Waals surface area contributed by atoms with Crippen LogP contribution in [0.4, 0.5) is 10.1 Å². The minimum Gasteiger partial charge on any atom is -0.378 e. The summed E-state index contributed by atoms with van der Waals surface area (Å²) in [6.45, 7) is 1.41. The maximum Gasteiger partial charge on any atom is 0.191 e. The number of hydrogen-bond donors (Lipinski definition) is 3. The lowest BCUT2D eigenvalue weighted by Crippen LogP contribution is -2.37. The molecular weight excluding hydrogens is 341 g/mol. The fourth-order valence-corrected chi connectivity index (χ4v) is 2.99. The fraction of sp³-hybridized carbons (Fsp3) is 0.286. The van der Waals surface area contributed by atoms with Crippen molar-refractivity contribution in [2.24, 2.45) is 4.99 Å². The predicted molar refractivity (Wildman–Crippen MR) is 111 cm³/mol. The Balaban J connectivity index is 1.51. The van der Waals surface area contributed by atoms with Crippen molar-refractivity contribution in [2.45, 2.75) is 13.0 Å². The molecule has 3 N–H and O–H groups in total. The van der Waals surface area contributed by atoms with Crippen LogP contribution in [-0.2, 0) is 13.0 Å². The molecule has 142 valence electrons. The summed E-state index contributed by atoms with van der Waals surface area (Å²) in [6.07, 6.45) is 2.72. The predicted octanol–water partition coefficient (Wildman–Crippen LogP) is 3.28. The number of rotatable bonds is 6. The number of nitrogens with one attached hydrogen (secondary N) is 3. The average Bonchev–Trinajstić information content (AvgIpc) is 3.07. The van der Waals surface area contributed by atoms with Gasteiger partial charge in [0, 0.05) is 57.0 Å². The highest BCUT2D eigenvalue weighted by atomic mass is 19.1. The summed E-state index contributed by atoms with van der Waals surface area (Å²) in [5.74, 6) is 0.534. The Morgan fingerprint density at radius 3 is 2.59 bits per heavy atom. The molecule has 2 aromatic carbocycles. The summed E-state index contributed by atoms with van der Waals surface area (Å²) < 4.78 is 13.5. The Morgan fingerprint density at radius 1 is 1.11 bits per heavy atom. The molecule has 6 heteroatoms. The third kappa shape index (κ3) is 4.78. The van der Waals surface area contributed by atoms with Gasteiger partial charge in [0.2, 0.25) is 0 Å². The molecule has 0 amide bonds. The van der Waals surface area contributed by atoms with E-state index in [9.17, 15) is 4.39 Å². The Kier molecular flexibility index (Phi) is 5.96. The van der Waals surface area contributed by atoms with E-state index in [1.807, 2.05) is 20.3 Å². The van der Waals surface area contributed by atoms with E-state index in [-0.39, 0.29) is 5.82 Å². The molecule has 0 saturated carbocycles. The van der Waals surface area contributed by atoms with Gasteiger partial charge in [0.25, 0.3) is 0 Å². The first-order valence-electron chi connectivity index (χ1n) is 9.03. The lowest BCUT2D eigenvalue weighted by atomic mass is 10.1. The third-order valence-corrected chi connectivity index (χ3v) is 4.55. The molecule has 1 aromatic heterocycles. The molecule has 0 aliphatic rings. The van der Waals surface area contributed by atoms with Gasteiger partial charge in [0.05, 0.1) is 0 Å². The van der Waals surface area contributed by atoms with E-state index in [0.29, 0.717) is 13.1 Å². The standard InChI is InChI=1S/C21H26FN5/c1-23-21(26-13-15-4-7-18(8-5-15)27(2)3)24-11-10-16-14-25-20-9-6-17(22)12-19(16)20/h4-9,12,14,25H,10-11,13H2,1-3H3,(H2,23,24,26). The number of guanidine groups is 1. The van der Waals surface area contributed by atoms with Crippen molar-refractivity contribution in [3.63, 3.8) is 0 Å². The summed E-state index contributed by atoms with van der Waals surface area (Å²) in [5.41, 5.74) is 4.41. The van der Waals surface area contributed by atoms with E-state index in [0.717, 1.165) is 28.8 Å². The van der Waals surface area contributed by atoms with Crippen LogP contribution in [0.1, 0.15) is 11.1 Å². The SMILES string of the molecule is CN=C(NCCc1c[nH]c2ccc(F)cc12)NCc1ccc(N(C)C)cc1. The molecule has 0 aliphatic heterocycles. The molecule has 27 heavy (non-hydrogen) atoms. The van der Waals surface area contributed by atoms with Gasteiger partial charge in [-0.15, -0.1) is 0 Å². The zero-order valence-electron chi connectivity index (χ0n) is 16.0. The Bertz CT molecular complexity index is 912. The van der Waals surface area contributed by atoms with Crippen LogP contribution in [0.15, 0.2) is 53.7 Å². The second-order valence-electron chi connectivity index (χ2n) is 6.67. The van der Waals surface area contributed by atoms with Crippen LogP contribution in [0, 0.1) is 5.82 Å². The lowest BCUT2D eigenvalue weighted by Gasteiger charge is -2.14. The molecular formula is C21H26FN5. The van der Waals surface area contributed by atoms with Crippen LogP contribution in [-0.4, -0.2) is 38.6 Å². The maximum atomic E-state index is 13.5. The van der Waals surface area contributed by atoms with Gasteiger partial charge >= 0.3 is 0 Å². The van der Waals surface area contributed by atoms with Gasteiger partial charge in [-0.2, -0.15) is 0 Å². The Labute approximate surface area is 159 Å². The van der Waals surface area contributed by atoms with Gasteiger partial charge in [-0.05, 0) is 47.9 Å². The third-order valence-electron chi connectivity index (χ3n) is 4.55. The van der Waals surface area contributed by atoms with E-state index in [2.05, 4.69) is 49.8 Å². The van der Waals surface area contributed by atoms with Gasteiger partial charge in [0.1, 0.15) is 5.82 Å². The molecule has 0 atom stereocenters. The van der Waals surface area contributed by atoms with Gasteiger partial charge < -0.3 is 20.5 Å². The van der Waals surface area contributed by atoms with Crippen molar-refractivity contribution in [1.29, 1.82) is 0 Å². The number of hydrogen-bond acceptors (Lipinski definition) is 2. The highest BCUT2D eigenvalue weighted by molar-refractivity contribution is 5.83. The number of benzene rings is 2. The van der Waals surface area contributed by atoms with Crippen molar-refractivity contribution in [3.05, 3.63) is 65.6 Å². The monoisotopic (exact) mass is 367 g/mol. The fourth-order valence-electron chi connectivity index (χ4n) is 2.99. The Morgan fingerprint density at radius 2 is 1.89 bits per heavy atom. The minimum absolute atomic E-state index is 0.214. The number of anilines is 1. The largest absolute Gasteiger partial charge is 0.378 e. The number of aromatic amines is 1. The van der Waals surface area contributed by atoms with Gasteiger partial charge in [-0.25, -0.2) is 4.39 Å². The number of fused-ring (bicyclic) bond motifs is 1. The van der Waals surface area contributed by atoms with Gasteiger partial charge in [-0.3, -0.25) is 4.99 Å². The molecule has 0 bridgehead atoms. The molecule has 1 heterocycles. The van der Waals surface area contributed by atoms with Crippen LogP contribution in [0.3, 0.4) is 0 Å². The van der Waals surface area contributed by atoms with E-state index >= 15 is 0 Å². The van der Waals surface area contributed by atoms with Crippen molar-refractivity contribution in [1.82, 2.24) is 15.6 Å². The van der Waals surface area contributed by atoms with Crippen LogP contribution >= 0.6 is 0 Å². The molecule has 3 rings (SSSR count). The highest BCUT2D eigenvalue weighted by Crippen LogP contribution is 2.19. The normalized spacial score (nSPS) is 11.6. The molecule has 0 saturated heterocycles. The van der Waals surface area contributed by atoms with Crippen molar-refractivity contribution in [2.75, 3.05) is 32.6 Å². The van der Waals surface area contributed by atoms with Crippen molar-refractivity contribution in [3.8, 4) is 0 Å². The first-order chi connectivity index (χ1) is 13.1. The number of aliphatic imine (C=N–C) groups is 1. The second kappa shape index (κ2) is 8.58. The van der Waals surface area contributed by atoms with Gasteiger partial charge in [-0.1, -0.05) is 12.1 Å². The summed E-state index contributed by atoms with van der Waals surface area (Å²) in [5, 5.41) is 7.56. The number of halogens is 1. The van der Waals surface area contributed by atoms with E-state index in [4.69, 9.17) is 0 Å². The smallest absolute Gasteiger partial charge is 0.191 e. The Hall–Kier alpha value is -3.02. The lowest BCUT2D eigenvalue weighted by molar-refractivity contribution is 0.629. The zero-order valence-corrected chi connectivity index (χ0v) is 16.0. The quantitative estimate of drug-likeness (QED) is 0.463. The first kappa shape index (κ1) is 18.8. The number of nitrogens with zero attached hydrogens (tertiary/aromatic N) is 2. The van der Waals surface area contributed by atoms with E-state index in [1.165, 1.54) is 17.3 Å². The summed E-state index contributed by atoms with van der Waals surface area (Å²) in [7, 11) is 5.81. The first-order valence-corrected chi connectivity index (χ1v) is 9.03. The molecule has 0 aliphatic carbocycles. The average molecular weight is 367 g/mol. The van der Waals surface area contributed by atoms with Crippen LogP contribution in [0.5, 0.6) is 0 Å². The summed E-state index contributed by atoms with van der Waals surface area (Å²) in [6, 6.07) is 13.2. The number of aromatic nitrogens is 1. The van der Waals surface area contributed by atoms with Gasteiger partial charge in [0.15, 0.2) is 5.96 Å². The molecule has 5 nitrogen and oxygen atoms in total. The zero-order chi connectivity index (χ0) is 19.2. The molecule has 0 fully saturated rings. The van der Waals surface area contributed by atoms with E-state index in [1.54, 1.807) is 19.2 Å². The van der Waals surface area contributed by atoms with E-state index < -0.39 is 0 Å². The molecule has 3 aromatic rings. The summed E-state index contributed by atoms with van der Waals surface area (Å²) >= 11 is 0. The van der Waals surface area contributed by atoms with Crippen molar-refractivity contribution >= 4 is 22.5 Å². The van der Waals surface area contributed by atoms with Crippen LogP contribution in [0.2, 0.25) is 0 Å². The molecule has 0 spiro atoms. The molecule has 0 unspecified atom stereocenters. The van der Waals surface area contributed by atoms with Crippen LogP contribution in [0.25, 0.3) is 10.9 Å². The number of H-pyrrole nitrogens is 1. The topological polar surface area (TPSA) is 55.5 Å². The highest BCUT2D eigenvalue weighted by Gasteiger charge is 2.05. The summed E-state index contributed by atoms with van der Waals surface area (Å²) in [4.78, 5) is 9.52. The minimum atomic E-state index is -0.214. The second-order valence-corrected chi connectivity index (χ2v) is 6.67. The van der Waals surface area contributed by atoms with Crippen LogP contribution < -0.4 is 15.5 Å². The molecule has 0 radical (unpaired) electrons. The maximum absolute atomic E-state index is 13.5.